The smallest absolute Gasteiger partial charge is 0.197 e. The van der Waals surface area contributed by atoms with Crippen LogP contribution < -0.4 is 0 Å². The van der Waals surface area contributed by atoms with Crippen LogP contribution in [0.3, 0.4) is 0 Å². The molecule has 0 spiro atoms. The van der Waals surface area contributed by atoms with Gasteiger partial charge in [0, 0.05) is 12.4 Å². The predicted octanol–water partition coefficient (Wildman–Crippen LogP) is 3.58. The summed E-state index contributed by atoms with van der Waals surface area (Å²) >= 11 is 0. The monoisotopic (exact) mass is 216 g/mol. The predicted molar refractivity (Wildman–Crippen MR) is 55.9 cm³/mol. The van der Waals surface area contributed by atoms with Gasteiger partial charge in [-0.1, -0.05) is 0 Å². The summed E-state index contributed by atoms with van der Waals surface area (Å²) in [5.74, 6) is -1.97. The van der Waals surface area contributed by atoms with Crippen molar-refractivity contribution in [2.75, 3.05) is 0 Å². The van der Waals surface area contributed by atoms with Crippen LogP contribution in [0.25, 0.3) is 16.0 Å². The highest BCUT2D eigenvalue weighted by atomic mass is 19.2. The van der Waals surface area contributed by atoms with Crippen molar-refractivity contribution in [1.82, 2.24) is 4.98 Å². The van der Waals surface area contributed by atoms with E-state index in [1.807, 2.05) is 0 Å². The molecule has 0 atom stereocenters. The first-order valence-electron chi connectivity index (χ1n) is 4.49. The van der Waals surface area contributed by atoms with Crippen LogP contribution in [0.4, 0.5) is 14.5 Å². The molecule has 0 aliphatic heterocycles. The van der Waals surface area contributed by atoms with Crippen molar-refractivity contribution in [2.45, 2.75) is 0 Å². The molecule has 0 saturated carbocycles. The van der Waals surface area contributed by atoms with Crippen molar-refractivity contribution in [1.29, 1.82) is 0 Å². The summed E-state index contributed by atoms with van der Waals surface area (Å²) in [4.78, 5) is 6.99. The summed E-state index contributed by atoms with van der Waals surface area (Å²) < 4.78 is 26.0. The highest BCUT2D eigenvalue weighted by Gasteiger charge is 2.10. The Labute approximate surface area is 91.0 Å². The van der Waals surface area contributed by atoms with Crippen molar-refractivity contribution in [3.63, 3.8) is 0 Å². The number of hydrogen-bond donors (Lipinski definition) is 0. The molecule has 2 aromatic rings. The summed E-state index contributed by atoms with van der Waals surface area (Å²) in [5.41, 5.74) is 1.10. The molecule has 16 heavy (non-hydrogen) atoms. The van der Waals surface area contributed by atoms with Gasteiger partial charge in [0.15, 0.2) is 11.5 Å². The molecule has 1 aromatic carbocycles. The van der Waals surface area contributed by atoms with Crippen molar-refractivity contribution >= 4 is 5.69 Å². The zero-order valence-electron chi connectivity index (χ0n) is 8.11. The van der Waals surface area contributed by atoms with E-state index < -0.39 is 11.6 Å². The van der Waals surface area contributed by atoms with Gasteiger partial charge in [0.2, 0.25) is 0 Å². The van der Waals surface area contributed by atoms with Gasteiger partial charge in [-0.2, -0.15) is 0 Å². The maximum atomic E-state index is 13.1. The van der Waals surface area contributed by atoms with E-state index in [-0.39, 0.29) is 5.69 Å². The number of benzene rings is 1. The Hall–Kier alpha value is -2.28. The van der Waals surface area contributed by atoms with Crippen LogP contribution in [0.2, 0.25) is 0 Å². The van der Waals surface area contributed by atoms with E-state index in [1.54, 1.807) is 12.1 Å². The zero-order valence-corrected chi connectivity index (χ0v) is 8.11. The minimum atomic E-state index is -1.01. The Balaban J connectivity index is 2.66. The second-order valence-corrected chi connectivity index (χ2v) is 3.13. The number of nitrogens with zero attached hydrogens (tertiary/aromatic N) is 2. The summed E-state index contributed by atoms with van der Waals surface area (Å²) in [6.45, 7) is 6.92. The fourth-order valence-electron chi connectivity index (χ4n) is 1.39. The lowest BCUT2D eigenvalue weighted by Crippen LogP contribution is -1.86. The topological polar surface area (TPSA) is 17.2 Å². The van der Waals surface area contributed by atoms with Gasteiger partial charge in [0.25, 0.3) is 0 Å². The molecule has 2 rings (SSSR count). The van der Waals surface area contributed by atoms with Gasteiger partial charge < -0.3 is 0 Å². The summed E-state index contributed by atoms with van der Waals surface area (Å²) in [7, 11) is 0. The van der Waals surface area contributed by atoms with E-state index in [9.17, 15) is 8.78 Å². The second kappa shape index (κ2) is 4.07. The second-order valence-electron chi connectivity index (χ2n) is 3.13. The van der Waals surface area contributed by atoms with Crippen LogP contribution in [0, 0.1) is 18.2 Å². The first kappa shape index (κ1) is 10.2. The van der Waals surface area contributed by atoms with E-state index in [0.29, 0.717) is 11.1 Å². The first-order chi connectivity index (χ1) is 7.72. The molecule has 4 heteroatoms. The highest BCUT2D eigenvalue weighted by molar-refractivity contribution is 5.78. The number of rotatable bonds is 1. The molecule has 0 N–H and O–H groups in total. The largest absolute Gasteiger partial charge is 0.265 e. The molecule has 78 valence electrons. The van der Waals surface area contributed by atoms with E-state index in [0.717, 1.165) is 12.1 Å². The van der Waals surface area contributed by atoms with Crippen LogP contribution in [0.5, 0.6) is 0 Å². The lowest BCUT2D eigenvalue weighted by atomic mass is 10.0. The van der Waals surface area contributed by atoms with E-state index in [2.05, 4.69) is 9.83 Å². The quantitative estimate of drug-likeness (QED) is 0.666. The Kier molecular flexibility index (Phi) is 2.61. The third-order valence-corrected chi connectivity index (χ3v) is 2.15. The van der Waals surface area contributed by atoms with Gasteiger partial charge in [-0.3, -0.25) is 4.98 Å². The fourth-order valence-corrected chi connectivity index (χ4v) is 1.39. The van der Waals surface area contributed by atoms with E-state index in [1.165, 1.54) is 12.4 Å². The minimum Gasteiger partial charge on any atom is -0.265 e. The molecule has 0 aliphatic rings. The molecular weight excluding hydrogens is 210 g/mol. The van der Waals surface area contributed by atoms with Crippen LogP contribution >= 0.6 is 0 Å². The molecule has 1 aromatic heterocycles. The van der Waals surface area contributed by atoms with E-state index in [4.69, 9.17) is 6.57 Å². The molecule has 1 heterocycles. The van der Waals surface area contributed by atoms with Crippen molar-refractivity contribution in [2.24, 2.45) is 0 Å². The van der Waals surface area contributed by atoms with Gasteiger partial charge >= 0.3 is 0 Å². The molecule has 0 fully saturated rings. The molecule has 2 nitrogen and oxygen atoms in total. The Bertz CT molecular complexity index is 559. The Morgan fingerprint density at radius 2 is 1.69 bits per heavy atom. The highest BCUT2D eigenvalue weighted by Crippen LogP contribution is 2.31. The number of aromatic nitrogens is 1. The molecule has 0 radical (unpaired) electrons. The molecule has 0 amide bonds. The number of pyridine rings is 1. The standard InChI is InChI=1S/C12H6F2N2/c1-15-12-7-11(14)10(13)6-9(12)8-2-4-16-5-3-8/h2-7H. The zero-order chi connectivity index (χ0) is 11.5. The average Bonchev–Trinajstić information content (AvgIpc) is 2.33. The first-order valence-corrected chi connectivity index (χ1v) is 4.49. The van der Waals surface area contributed by atoms with Gasteiger partial charge in [0.05, 0.1) is 6.57 Å². The molecule has 0 aliphatic carbocycles. The molecule has 0 saturated heterocycles. The lowest BCUT2D eigenvalue weighted by Gasteiger charge is -2.04. The van der Waals surface area contributed by atoms with E-state index >= 15 is 0 Å². The normalized spacial score (nSPS) is 9.81. The van der Waals surface area contributed by atoms with Gasteiger partial charge in [-0.05, 0) is 35.4 Å². The van der Waals surface area contributed by atoms with Crippen molar-refractivity contribution in [3.05, 3.63) is 59.7 Å². The number of hydrogen-bond acceptors (Lipinski definition) is 1. The summed E-state index contributed by atoms with van der Waals surface area (Å²) in [5, 5.41) is 0. The number of halogens is 2. The minimum absolute atomic E-state index is 0.0881. The van der Waals surface area contributed by atoms with Crippen LogP contribution in [0.15, 0.2) is 36.7 Å². The maximum absolute atomic E-state index is 13.1. The third-order valence-electron chi connectivity index (χ3n) is 2.15. The van der Waals surface area contributed by atoms with Crippen LogP contribution in [-0.2, 0) is 0 Å². The molecule has 0 bridgehead atoms. The van der Waals surface area contributed by atoms with Gasteiger partial charge in [-0.25, -0.2) is 13.6 Å². The third kappa shape index (κ3) is 1.75. The molecular formula is C12H6F2N2. The summed E-state index contributed by atoms with van der Waals surface area (Å²) in [6, 6.07) is 5.21. The fraction of sp³-hybridized carbons (Fsp3) is 0. The SMILES string of the molecule is [C-]#[N+]c1cc(F)c(F)cc1-c1ccncc1. The lowest BCUT2D eigenvalue weighted by molar-refractivity contribution is 0.509. The maximum Gasteiger partial charge on any atom is 0.197 e. The van der Waals surface area contributed by atoms with Crippen molar-refractivity contribution < 1.29 is 8.78 Å². The summed E-state index contributed by atoms with van der Waals surface area (Å²) in [6.07, 6.45) is 3.06. The Morgan fingerprint density at radius 1 is 1.06 bits per heavy atom. The molecule has 0 unspecified atom stereocenters. The van der Waals surface area contributed by atoms with Crippen molar-refractivity contribution in [3.8, 4) is 11.1 Å². The van der Waals surface area contributed by atoms with Crippen LogP contribution in [-0.4, -0.2) is 4.98 Å². The average molecular weight is 216 g/mol. The van der Waals surface area contributed by atoms with Gasteiger partial charge in [0.1, 0.15) is 5.82 Å². The Morgan fingerprint density at radius 3 is 2.31 bits per heavy atom. The van der Waals surface area contributed by atoms with Gasteiger partial charge in [-0.15, -0.1) is 0 Å². The van der Waals surface area contributed by atoms with Crippen LogP contribution in [0.1, 0.15) is 0 Å².